The summed E-state index contributed by atoms with van der Waals surface area (Å²) in [5.74, 6) is -1.53. The van der Waals surface area contributed by atoms with Gasteiger partial charge in [-0.1, -0.05) is 0 Å². The molecular formula is C17H17F2N5O3S. The largest absolute Gasteiger partial charge is 0.481 e. The zero-order valence-corrected chi connectivity index (χ0v) is 15.6. The summed E-state index contributed by atoms with van der Waals surface area (Å²) < 4.78 is 56.9. The molecule has 11 heteroatoms. The lowest BCUT2D eigenvalue weighted by atomic mass is 9.99. The number of benzene rings is 1. The highest BCUT2D eigenvalue weighted by Gasteiger charge is 2.34. The van der Waals surface area contributed by atoms with Gasteiger partial charge in [0.15, 0.2) is 6.17 Å². The first-order chi connectivity index (χ1) is 13.3. The molecule has 0 saturated carbocycles. The summed E-state index contributed by atoms with van der Waals surface area (Å²) in [7, 11) is -2.70. The van der Waals surface area contributed by atoms with Crippen LogP contribution in [0.4, 0.5) is 8.78 Å². The summed E-state index contributed by atoms with van der Waals surface area (Å²) in [5, 5.41) is 8.12. The van der Waals surface area contributed by atoms with Crippen LogP contribution in [0.1, 0.15) is 5.56 Å². The molecule has 148 valence electrons. The van der Waals surface area contributed by atoms with E-state index in [0.717, 1.165) is 29.0 Å². The quantitative estimate of drug-likeness (QED) is 0.761. The number of fused-ring (bicyclic) bond motifs is 2. The van der Waals surface area contributed by atoms with E-state index in [2.05, 4.69) is 15.3 Å². The van der Waals surface area contributed by atoms with Gasteiger partial charge < -0.3 is 9.64 Å². The Morgan fingerprint density at radius 2 is 2.07 bits per heavy atom. The molecule has 0 fully saturated rings. The number of hydrogen-bond acceptors (Lipinski definition) is 7. The van der Waals surface area contributed by atoms with Gasteiger partial charge in [-0.2, -0.15) is 0 Å². The van der Waals surface area contributed by atoms with Crippen molar-refractivity contribution in [3.05, 3.63) is 52.2 Å². The molecule has 0 aromatic heterocycles. The third-order valence-electron chi connectivity index (χ3n) is 4.69. The second kappa shape index (κ2) is 6.76. The summed E-state index contributed by atoms with van der Waals surface area (Å²) in [4.78, 5) is 9.86. The normalized spacial score (nSPS) is 21.3. The number of dihydropyridines is 1. The van der Waals surface area contributed by atoms with E-state index < -0.39 is 32.7 Å². The van der Waals surface area contributed by atoms with Crippen molar-refractivity contribution in [1.29, 1.82) is 0 Å². The van der Waals surface area contributed by atoms with Gasteiger partial charge in [0.2, 0.25) is 15.9 Å². The molecule has 0 saturated heterocycles. The molecule has 0 amide bonds. The maximum Gasteiger partial charge on any atom is 0.238 e. The SMILES string of the molecule is COC1=NC2N=CC3=C(C2=C1)N(Cc1c(F)cc(S(N)(=O)=O)cc1F)CNC3. The zero-order chi connectivity index (χ0) is 20.1. The number of nitrogens with zero attached hydrogens (tertiary/aromatic N) is 3. The summed E-state index contributed by atoms with van der Waals surface area (Å²) in [6, 6.07) is 1.46. The first-order valence-corrected chi connectivity index (χ1v) is 9.89. The Labute approximate surface area is 160 Å². The predicted octanol–water partition coefficient (Wildman–Crippen LogP) is 0.624. The number of aliphatic imine (C=N–C) groups is 2. The van der Waals surface area contributed by atoms with Crippen molar-refractivity contribution in [3.63, 3.8) is 0 Å². The van der Waals surface area contributed by atoms with Crippen molar-refractivity contribution in [2.45, 2.75) is 17.6 Å². The molecule has 28 heavy (non-hydrogen) atoms. The van der Waals surface area contributed by atoms with E-state index >= 15 is 0 Å². The Hall–Kier alpha value is -2.63. The zero-order valence-electron chi connectivity index (χ0n) is 14.8. The Balaban J connectivity index is 1.70. The molecule has 0 spiro atoms. The van der Waals surface area contributed by atoms with E-state index in [4.69, 9.17) is 9.88 Å². The van der Waals surface area contributed by atoms with Crippen molar-refractivity contribution in [2.75, 3.05) is 20.3 Å². The van der Waals surface area contributed by atoms with Crippen molar-refractivity contribution >= 4 is 22.1 Å². The molecule has 0 bridgehead atoms. The van der Waals surface area contributed by atoms with Crippen LogP contribution >= 0.6 is 0 Å². The third kappa shape index (κ3) is 3.21. The van der Waals surface area contributed by atoms with Gasteiger partial charge in [0, 0.05) is 35.5 Å². The number of halogens is 2. The standard InChI is InChI=1S/C17H17F2N5O3S/c1-27-15-4-11-16-9(6-22-17(11)23-15)5-21-8-24(16)7-12-13(18)2-10(3-14(12)19)28(20,25)26/h2-4,6,17,21H,5,7-8H2,1H3,(H2,20,25,26). The van der Waals surface area contributed by atoms with Crippen LogP contribution in [0.2, 0.25) is 0 Å². The molecule has 3 heterocycles. The molecule has 8 nitrogen and oxygen atoms in total. The molecule has 3 N–H and O–H groups in total. The fraction of sp³-hybridized carbons (Fsp3) is 0.294. The highest BCUT2D eigenvalue weighted by Crippen LogP contribution is 2.34. The van der Waals surface area contributed by atoms with Crippen molar-refractivity contribution in [3.8, 4) is 0 Å². The van der Waals surface area contributed by atoms with Crippen molar-refractivity contribution < 1.29 is 21.9 Å². The lowest BCUT2D eigenvalue weighted by molar-refractivity contribution is 0.287. The average molecular weight is 409 g/mol. The van der Waals surface area contributed by atoms with Crippen LogP contribution in [0.25, 0.3) is 0 Å². The number of rotatable bonds is 3. The minimum atomic E-state index is -4.21. The summed E-state index contributed by atoms with van der Waals surface area (Å²) in [6.07, 6.45) is 3.00. The van der Waals surface area contributed by atoms with E-state index in [-0.39, 0.29) is 12.1 Å². The molecule has 4 rings (SSSR count). The first-order valence-electron chi connectivity index (χ1n) is 8.34. The van der Waals surface area contributed by atoms with Gasteiger partial charge in [-0.05, 0) is 12.1 Å². The highest BCUT2D eigenvalue weighted by atomic mass is 32.2. The third-order valence-corrected chi connectivity index (χ3v) is 5.58. The lowest BCUT2D eigenvalue weighted by Gasteiger charge is -2.36. The van der Waals surface area contributed by atoms with Gasteiger partial charge in [0.05, 0.1) is 30.9 Å². The fourth-order valence-corrected chi connectivity index (χ4v) is 3.93. The Bertz CT molecular complexity index is 1060. The number of hydrogen-bond donors (Lipinski definition) is 2. The first kappa shape index (κ1) is 18.7. The molecule has 1 aromatic carbocycles. The van der Waals surface area contributed by atoms with Gasteiger partial charge in [-0.25, -0.2) is 27.3 Å². The molecule has 3 aliphatic rings. The maximum atomic E-state index is 14.5. The molecule has 1 unspecified atom stereocenters. The summed E-state index contributed by atoms with van der Waals surface area (Å²) in [6.45, 7) is 0.778. The van der Waals surface area contributed by atoms with Crippen molar-refractivity contribution in [2.24, 2.45) is 15.1 Å². The maximum absolute atomic E-state index is 14.5. The number of nitrogens with one attached hydrogen (secondary N) is 1. The summed E-state index contributed by atoms with van der Waals surface area (Å²) in [5.41, 5.74) is 2.18. The smallest absolute Gasteiger partial charge is 0.238 e. The monoisotopic (exact) mass is 409 g/mol. The molecular weight excluding hydrogens is 392 g/mol. The molecule has 0 aliphatic carbocycles. The predicted molar refractivity (Wildman–Crippen MR) is 98.0 cm³/mol. The number of methoxy groups -OCH3 is 1. The molecule has 1 atom stereocenters. The number of ether oxygens (including phenoxy) is 1. The second-order valence-electron chi connectivity index (χ2n) is 6.49. The number of nitrogens with two attached hydrogens (primary N) is 1. The van der Waals surface area contributed by atoms with E-state index in [9.17, 15) is 17.2 Å². The summed E-state index contributed by atoms with van der Waals surface area (Å²) >= 11 is 0. The van der Waals surface area contributed by atoms with Gasteiger partial charge >= 0.3 is 0 Å². The van der Waals surface area contributed by atoms with E-state index in [1.54, 1.807) is 17.2 Å². The van der Waals surface area contributed by atoms with Gasteiger partial charge in [0.1, 0.15) is 11.6 Å². The van der Waals surface area contributed by atoms with E-state index in [1.165, 1.54) is 7.11 Å². The highest BCUT2D eigenvalue weighted by molar-refractivity contribution is 7.89. The topological polar surface area (TPSA) is 109 Å². The van der Waals surface area contributed by atoms with E-state index in [0.29, 0.717) is 19.1 Å². The van der Waals surface area contributed by atoms with Gasteiger partial charge in [0.25, 0.3) is 0 Å². The Kier molecular flexibility index (Phi) is 4.52. The molecule has 0 radical (unpaired) electrons. The van der Waals surface area contributed by atoms with Crippen LogP contribution < -0.4 is 10.5 Å². The van der Waals surface area contributed by atoms with Crippen LogP contribution in [0.5, 0.6) is 0 Å². The van der Waals surface area contributed by atoms with Crippen LogP contribution in [0.15, 0.2) is 49.9 Å². The fourth-order valence-electron chi connectivity index (χ4n) is 3.40. The van der Waals surface area contributed by atoms with Crippen molar-refractivity contribution in [1.82, 2.24) is 10.2 Å². The molecule has 3 aliphatic heterocycles. The van der Waals surface area contributed by atoms with Crippen LogP contribution in [-0.2, 0) is 21.3 Å². The van der Waals surface area contributed by atoms with Crippen LogP contribution in [0.3, 0.4) is 0 Å². The second-order valence-corrected chi connectivity index (χ2v) is 8.05. The van der Waals surface area contributed by atoms with E-state index in [1.807, 2.05) is 0 Å². The number of sulfonamides is 1. The Morgan fingerprint density at radius 1 is 1.36 bits per heavy atom. The molecule has 1 aromatic rings. The Morgan fingerprint density at radius 3 is 2.71 bits per heavy atom. The minimum Gasteiger partial charge on any atom is -0.481 e. The minimum absolute atomic E-state index is 0.116. The van der Waals surface area contributed by atoms with Gasteiger partial charge in [-0.3, -0.25) is 10.3 Å². The van der Waals surface area contributed by atoms with Crippen LogP contribution in [-0.4, -0.2) is 51.9 Å². The lowest BCUT2D eigenvalue weighted by Crippen LogP contribution is -2.43. The number of primary sulfonamides is 1. The van der Waals surface area contributed by atoms with Gasteiger partial charge in [-0.15, -0.1) is 0 Å². The van der Waals surface area contributed by atoms with Crippen LogP contribution in [0, 0.1) is 11.6 Å². The average Bonchev–Trinajstić information content (AvgIpc) is 3.07.